The number of benzene rings is 1. The molecular formula is C12H13BrN4O2S. The summed E-state index contributed by atoms with van der Waals surface area (Å²) in [5, 5.41) is 6.22. The third-order valence-corrected chi connectivity index (χ3v) is 4.19. The number of rotatable bonds is 4. The minimum absolute atomic E-state index is 0.212. The van der Waals surface area contributed by atoms with E-state index in [4.69, 9.17) is 10.5 Å². The van der Waals surface area contributed by atoms with Gasteiger partial charge in [0.25, 0.3) is 5.91 Å². The van der Waals surface area contributed by atoms with E-state index >= 15 is 0 Å². The molecule has 2 rings (SSSR count). The molecular weight excluding hydrogens is 344 g/mol. The molecule has 6 nitrogen and oxygen atoms in total. The first-order valence-corrected chi connectivity index (χ1v) is 7.25. The Hall–Kier alpha value is -1.80. The third kappa shape index (κ3) is 3.02. The maximum Gasteiger partial charge on any atom is 0.269 e. The van der Waals surface area contributed by atoms with Crippen LogP contribution in [0.4, 0.5) is 16.6 Å². The molecule has 0 saturated heterocycles. The van der Waals surface area contributed by atoms with Gasteiger partial charge in [-0.25, -0.2) is 4.98 Å². The van der Waals surface area contributed by atoms with E-state index in [1.54, 1.807) is 32.4 Å². The predicted octanol–water partition coefficient (Wildman–Crippen LogP) is 2.79. The van der Waals surface area contributed by atoms with Gasteiger partial charge < -0.3 is 21.1 Å². The molecule has 0 spiro atoms. The van der Waals surface area contributed by atoms with Gasteiger partial charge in [0.15, 0.2) is 5.13 Å². The van der Waals surface area contributed by atoms with Gasteiger partial charge in [0.2, 0.25) is 0 Å². The van der Waals surface area contributed by atoms with Gasteiger partial charge in [-0.1, -0.05) is 11.3 Å². The molecule has 1 heterocycles. The van der Waals surface area contributed by atoms with E-state index in [0.29, 0.717) is 21.4 Å². The summed E-state index contributed by atoms with van der Waals surface area (Å²) in [7, 11) is 3.30. The highest BCUT2D eigenvalue weighted by molar-refractivity contribution is 9.10. The molecule has 1 aromatic carbocycles. The number of carbonyl (C=O) groups is 1. The van der Waals surface area contributed by atoms with E-state index in [0.717, 1.165) is 4.47 Å². The highest BCUT2D eigenvalue weighted by Crippen LogP contribution is 2.29. The number of nitrogens with two attached hydrogens (primary N) is 1. The van der Waals surface area contributed by atoms with E-state index in [2.05, 4.69) is 31.5 Å². The minimum Gasteiger partial charge on any atom is -0.496 e. The van der Waals surface area contributed by atoms with Crippen LogP contribution < -0.4 is 21.1 Å². The maximum absolute atomic E-state index is 12.1. The van der Waals surface area contributed by atoms with Gasteiger partial charge in [-0.15, -0.1) is 0 Å². The smallest absolute Gasteiger partial charge is 0.269 e. The van der Waals surface area contributed by atoms with Gasteiger partial charge in [-0.2, -0.15) is 0 Å². The lowest BCUT2D eigenvalue weighted by atomic mass is 10.3. The zero-order valence-corrected chi connectivity index (χ0v) is 13.3. The fourth-order valence-electron chi connectivity index (χ4n) is 1.53. The van der Waals surface area contributed by atoms with Crippen LogP contribution in [-0.2, 0) is 0 Å². The topological polar surface area (TPSA) is 89.3 Å². The minimum atomic E-state index is -0.293. The van der Waals surface area contributed by atoms with Crippen molar-refractivity contribution in [1.29, 1.82) is 0 Å². The first-order chi connectivity index (χ1) is 9.55. The van der Waals surface area contributed by atoms with Crippen molar-refractivity contribution in [3.05, 3.63) is 27.5 Å². The molecule has 0 unspecified atom stereocenters. The summed E-state index contributed by atoms with van der Waals surface area (Å²) in [6.07, 6.45) is 0. The Labute approximate surface area is 128 Å². The van der Waals surface area contributed by atoms with Crippen LogP contribution in [0.15, 0.2) is 22.7 Å². The van der Waals surface area contributed by atoms with Crippen LogP contribution in [0.25, 0.3) is 0 Å². The van der Waals surface area contributed by atoms with Crippen LogP contribution >= 0.6 is 27.3 Å². The number of hydrogen-bond donors (Lipinski definition) is 3. The van der Waals surface area contributed by atoms with Gasteiger partial charge in [-0.3, -0.25) is 4.79 Å². The van der Waals surface area contributed by atoms with Crippen LogP contribution in [0.2, 0.25) is 0 Å². The zero-order chi connectivity index (χ0) is 14.7. The van der Waals surface area contributed by atoms with Crippen molar-refractivity contribution < 1.29 is 9.53 Å². The summed E-state index contributed by atoms with van der Waals surface area (Å²) in [5.74, 6) is 0.612. The number of ether oxygens (including phenoxy) is 1. The van der Waals surface area contributed by atoms with Crippen LogP contribution in [-0.4, -0.2) is 25.0 Å². The van der Waals surface area contributed by atoms with E-state index in [1.807, 2.05) is 0 Å². The van der Waals surface area contributed by atoms with Crippen molar-refractivity contribution in [1.82, 2.24) is 4.98 Å². The Kier molecular flexibility index (Phi) is 4.46. The van der Waals surface area contributed by atoms with Gasteiger partial charge in [0.1, 0.15) is 16.4 Å². The summed E-state index contributed by atoms with van der Waals surface area (Å²) in [6, 6.07) is 5.26. The highest BCUT2D eigenvalue weighted by atomic mass is 79.9. The molecule has 0 saturated carbocycles. The average Bonchev–Trinajstić information content (AvgIpc) is 2.80. The fraction of sp³-hybridized carbons (Fsp3) is 0.167. The zero-order valence-electron chi connectivity index (χ0n) is 10.9. The average molecular weight is 357 g/mol. The van der Waals surface area contributed by atoms with Crippen molar-refractivity contribution in [2.24, 2.45) is 0 Å². The molecule has 0 aliphatic carbocycles. The molecule has 4 N–H and O–H groups in total. The van der Waals surface area contributed by atoms with Crippen molar-refractivity contribution in [3.8, 4) is 5.75 Å². The first kappa shape index (κ1) is 14.6. The number of halogens is 1. The van der Waals surface area contributed by atoms with Gasteiger partial charge in [0, 0.05) is 12.7 Å². The number of hydrogen-bond acceptors (Lipinski definition) is 6. The largest absolute Gasteiger partial charge is 0.496 e. The number of methoxy groups -OCH3 is 1. The predicted molar refractivity (Wildman–Crippen MR) is 84.7 cm³/mol. The standard InChI is InChI=1S/C12H13BrN4O2S/c1-15-12-17-10(14)9(20-12)11(18)16-6-3-4-8(19-2)7(13)5-6/h3-5H,14H2,1-2H3,(H,15,17)(H,16,18). The molecule has 0 atom stereocenters. The Bertz CT molecular complexity index is 644. The number of anilines is 3. The second kappa shape index (κ2) is 6.10. The lowest BCUT2D eigenvalue weighted by Gasteiger charge is -2.07. The second-order valence-electron chi connectivity index (χ2n) is 3.79. The molecule has 0 aliphatic rings. The quantitative estimate of drug-likeness (QED) is 0.783. The molecule has 8 heteroatoms. The summed E-state index contributed by atoms with van der Waals surface area (Å²) < 4.78 is 5.89. The first-order valence-electron chi connectivity index (χ1n) is 5.64. The van der Waals surface area contributed by atoms with Crippen molar-refractivity contribution >= 4 is 49.8 Å². The summed E-state index contributed by atoms with van der Waals surface area (Å²) in [4.78, 5) is 16.5. The molecule has 1 aromatic heterocycles. The van der Waals surface area contributed by atoms with Gasteiger partial charge >= 0.3 is 0 Å². The second-order valence-corrected chi connectivity index (χ2v) is 5.64. The number of aromatic nitrogens is 1. The fourth-order valence-corrected chi connectivity index (χ4v) is 2.81. The number of nitrogens with one attached hydrogen (secondary N) is 2. The molecule has 106 valence electrons. The number of carbonyl (C=O) groups excluding carboxylic acids is 1. The number of amides is 1. The van der Waals surface area contributed by atoms with E-state index in [1.165, 1.54) is 11.3 Å². The SMILES string of the molecule is CNc1nc(N)c(C(=O)Nc2ccc(OC)c(Br)c2)s1. The van der Waals surface area contributed by atoms with Crippen LogP contribution in [0, 0.1) is 0 Å². The maximum atomic E-state index is 12.1. The summed E-state index contributed by atoms with van der Waals surface area (Å²) >= 11 is 4.57. The molecule has 1 amide bonds. The van der Waals surface area contributed by atoms with Crippen LogP contribution in [0.3, 0.4) is 0 Å². The third-order valence-electron chi connectivity index (χ3n) is 2.48. The van der Waals surface area contributed by atoms with E-state index in [-0.39, 0.29) is 11.7 Å². The molecule has 0 bridgehead atoms. The number of nitrogen functional groups attached to an aromatic ring is 1. The number of thiazole rings is 1. The van der Waals surface area contributed by atoms with Crippen molar-refractivity contribution in [2.75, 3.05) is 30.5 Å². The van der Waals surface area contributed by atoms with E-state index < -0.39 is 0 Å². The Balaban J connectivity index is 2.18. The van der Waals surface area contributed by atoms with Crippen LogP contribution in [0.5, 0.6) is 5.75 Å². The molecule has 2 aromatic rings. The molecule has 0 radical (unpaired) electrons. The van der Waals surface area contributed by atoms with Gasteiger partial charge in [-0.05, 0) is 34.1 Å². The summed E-state index contributed by atoms with van der Waals surface area (Å²) in [6.45, 7) is 0. The van der Waals surface area contributed by atoms with Crippen molar-refractivity contribution in [3.63, 3.8) is 0 Å². The van der Waals surface area contributed by atoms with Gasteiger partial charge in [0.05, 0.1) is 11.6 Å². The molecule has 0 fully saturated rings. The Morgan fingerprint density at radius 3 is 2.80 bits per heavy atom. The lowest BCUT2D eigenvalue weighted by Crippen LogP contribution is -2.12. The normalized spacial score (nSPS) is 10.2. The molecule has 20 heavy (non-hydrogen) atoms. The Morgan fingerprint density at radius 1 is 1.50 bits per heavy atom. The Morgan fingerprint density at radius 2 is 2.25 bits per heavy atom. The summed E-state index contributed by atoms with van der Waals surface area (Å²) in [5.41, 5.74) is 6.36. The van der Waals surface area contributed by atoms with Crippen LogP contribution in [0.1, 0.15) is 9.67 Å². The van der Waals surface area contributed by atoms with Crippen molar-refractivity contribution in [2.45, 2.75) is 0 Å². The number of nitrogens with zero attached hydrogens (tertiary/aromatic N) is 1. The lowest BCUT2D eigenvalue weighted by molar-refractivity contribution is 0.103. The monoisotopic (exact) mass is 356 g/mol. The highest BCUT2D eigenvalue weighted by Gasteiger charge is 2.16. The molecule has 0 aliphatic heterocycles. The van der Waals surface area contributed by atoms with E-state index in [9.17, 15) is 4.79 Å².